The third kappa shape index (κ3) is 3.71. The van der Waals surface area contributed by atoms with Crippen LogP contribution in [0.2, 0.25) is 0 Å². The van der Waals surface area contributed by atoms with E-state index in [0.717, 1.165) is 10.7 Å². The largest absolute Gasteiger partial charge is 0.480 e. The summed E-state index contributed by atoms with van der Waals surface area (Å²) in [5.41, 5.74) is 0.932. The van der Waals surface area contributed by atoms with E-state index in [9.17, 15) is 14.7 Å². The summed E-state index contributed by atoms with van der Waals surface area (Å²) in [6, 6.07) is -0.903. The number of aliphatic hydroxyl groups is 1. The molecule has 2 heterocycles. The number of thiazole rings is 1. The van der Waals surface area contributed by atoms with Gasteiger partial charge < -0.3 is 15.1 Å². The zero-order valence-electron chi connectivity index (χ0n) is 11.0. The Bertz CT molecular complexity index is 505. The van der Waals surface area contributed by atoms with Crippen LogP contribution in [-0.4, -0.2) is 56.4 Å². The number of carbonyl (C=O) groups excluding carboxylic acids is 1. The normalized spacial score (nSPS) is 22.2. The maximum Gasteiger partial charge on any atom is 0.326 e. The number of aliphatic hydroxyl groups excluding tert-OH is 1. The van der Waals surface area contributed by atoms with Crippen LogP contribution in [0.3, 0.4) is 0 Å². The van der Waals surface area contributed by atoms with Crippen molar-refractivity contribution < 1.29 is 19.8 Å². The second-order valence-corrected chi connectivity index (χ2v) is 6.69. The second kappa shape index (κ2) is 6.55. The maximum absolute atomic E-state index is 12.0. The fourth-order valence-electron chi connectivity index (χ4n) is 2.12. The van der Waals surface area contributed by atoms with Gasteiger partial charge in [0.05, 0.1) is 22.6 Å². The molecule has 0 radical (unpaired) electrons. The molecule has 20 heavy (non-hydrogen) atoms. The number of carbonyl (C=O) groups is 2. The minimum Gasteiger partial charge on any atom is -0.480 e. The van der Waals surface area contributed by atoms with Crippen molar-refractivity contribution in [3.8, 4) is 0 Å². The van der Waals surface area contributed by atoms with E-state index in [1.54, 1.807) is 11.3 Å². The monoisotopic (exact) mass is 316 g/mol. The van der Waals surface area contributed by atoms with Gasteiger partial charge in [-0.25, -0.2) is 9.78 Å². The molecule has 0 saturated carbocycles. The predicted octanol–water partition coefficient (Wildman–Crippen LogP) is 0.731. The number of amides is 1. The lowest BCUT2D eigenvalue weighted by molar-refractivity contribution is -0.147. The van der Waals surface area contributed by atoms with Crippen molar-refractivity contribution in [3.63, 3.8) is 0 Å². The van der Waals surface area contributed by atoms with E-state index in [1.165, 1.54) is 16.7 Å². The number of carboxylic acids is 1. The number of thioether (sulfide) groups is 1. The van der Waals surface area contributed by atoms with Crippen LogP contribution in [0.5, 0.6) is 0 Å². The molecule has 0 unspecified atom stereocenters. The van der Waals surface area contributed by atoms with Crippen molar-refractivity contribution in [2.45, 2.75) is 31.2 Å². The second-order valence-electron chi connectivity index (χ2n) is 4.64. The molecule has 0 bridgehead atoms. The molecular formula is C12H16N2O4S2. The zero-order valence-corrected chi connectivity index (χ0v) is 12.6. The van der Waals surface area contributed by atoms with E-state index < -0.39 is 18.1 Å². The van der Waals surface area contributed by atoms with Crippen molar-refractivity contribution in [1.82, 2.24) is 9.88 Å². The lowest BCUT2D eigenvalue weighted by Crippen LogP contribution is -2.41. The van der Waals surface area contributed by atoms with E-state index in [1.807, 2.05) is 12.3 Å². The number of aromatic nitrogens is 1. The number of hydrogen-bond acceptors (Lipinski definition) is 6. The Morgan fingerprint density at radius 1 is 1.60 bits per heavy atom. The summed E-state index contributed by atoms with van der Waals surface area (Å²) >= 11 is 2.97. The van der Waals surface area contributed by atoms with Crippen LogP contribution < -0.4 is 0 Å². The molecule has 0 spiro atoms. The Kier molecular flexibility index (Phi) is 5.00. The average Bonchev–Trinajstić information content (AvgIpc) is 2.95. The van der Waals surface area contributed by atoms with Crippen LogP contribution in [0, 0.1) is 6.92 Å². The summed E-state index contributed by atoms with van der Waals surface area (Å²) in [5.74, 6) is -0.474. The molecule has 2 rings (SSSR count). The molecule has 8 heteroatoms. The Hall–Kier alpha value is -1.12. The van der Waals surface area contributed by atoms with Crippen LogP contribution in [0.15, 0.2) is 5.38 Å². The van der Waals surface area contributed by atoms with Gasteiger partial charge in [-0.2, -0.15) is 0 Å². The van der Waals surface area contributed by atoms with E-state index in [-0.39, 0.29) is 24.6 Å². The highest BCUT2D eigenvalue weighted by Gasteiger charge is 2.38. The zero-order chi connectivity index (χ0) is 14.7. The lowest BCUT2D eigenvalue weighted by Gasteiger charge is -2.20. The van der Waals surface area contributed by atoms with Gasteiger partial charge >= 0.3 is 5.97 Å². The summed E-state index contributed by atoms with van der Waals surface area (Å²) in [7, 11) is 0. The highest BCUT2D eigenvalue weighted by molar-refractivity contribution is 7.99. The molecule has 1 aliphatic heterocycles. The van der Waals surface area contributed by atoms with Gasteiger partial charge in [0.1, 0.15) is 6.04 Å². The molecule has 1 aromatic rings. The Balaban J connectivity index is 1.83. The maximum atomic E-state index is 12.0. The third-order valence-electron chi connectivity index (χ3n) is 3.03. The minimum atomic E-state index is -1.06. The number of hydrogen-bond donors (Lipinski definition) is 2. The van der Waals surface area contributed by atoms with Gasteiger partial charge in [0.15, 0.2) is 0 Å². The summed E-state index contributed by atoms with van der Waals surface area (Å²) in [4.78, 5) is 28.6. The fraction of sp³-hybridized carbons (Fsp3) is 0.583. The van der Waals surface area contributed by atoms with E-state index in [4.69, 9.17) is 5.11 Å². The molecule has 0 aliphatic carbocycles. The summed E-state index contributed by atoms with van der Waals surface area (Å²) in [5, 5.41) is 21.5. The summed E-state index contributed by atoms with van der Waals surface area (Å²) in [6.45, 7) is 2.03. The van der Waals surface area contributed by atoms with Crippen molar-refractivity contribution in [2.75, 3.05) is 12.3 Å². The van der Waals surface area contributed by atoms with Crippen molar-refractivity contribution in [2.24, 2.45) is 0 Å². The summed E-state index contributed by atoms with van der Waals surface area (Å²) in [6.07, 6.45) is -0.636. The molecule has 1 fully saturated rings. The molecular weight excluding hydrogens is 300 g/mol. The van der Waals surface area contributed by atoms with Gasteiger partial charge in [0.2, 0.25) is 5.91 Å². The number of rotatable bonds is 5. The van der Waals surface area contributed by atoms with Crippen molar-refractivity contribution in [3.05, 3.63) is 16.1 Å². The van der Waals surface area contributed by atoms with Gasteiger partial charge in [-0.15, -0.1) is 23.1 Å². The topological polar surface area (TPSA) is 90.7 Å². The number of likely N-dealkylation sites (tertiary alicyclic amines) is 1. The van der Waals surface area contributed by atoms with Gasteiger partial charge in [-0.05, 0) is 6.92 Å². The molecule has 1 aromatic heterocycles. The van der Waals surface area contributed by atoms with Crippen molar-refractivity contribution >= 4 is 35.0 Å². The SMILES string of the molecule is Cc1nc(CSCC(=O)N2C[C@@H](O)C[C@H]2C(=O)O)cs1. The number of β-amino-alcohol motifs (C(OH)–C–C–N with tert-alkyl or cyclic N) is 1. The molecule has 1 amide bonds. The first-order valence-electron chi connectivity index (χ1n) is 6.16. The molecule has 2 atom stereocenters. The fourth-order valence-corrected chi connectivity index (χ4v) is 3.64. The number of carboxylic acid groups (broad SMARTS) is 1. The van der Waals surface area contributed by atoms with E-state index in [2.05, 4.69) is 4.98 Å². The number of aliphatic carboxylic acids is 1. The quantitative estimate of drug-likeness (QED) is 0.832. The molecule has 0 aromatic carbocycles. The molecule has 2 N–H and O–H groups in total. The predicted molar refractivity (Wildman–Crippen MR) is 76.8 cm³/mol. The van der Waals surface area contributed by atoms with Gasteiger partial charge in [-0.1, -0.05) is 0 Å². The van der Waals surface area contributed by atoms with Crippen LogP contribution in [-0.2, 0) is 15.3 Å². The van der Waals surface area contributed by atoms with Crippen LogP contribution in [0.4, 0.5) is 0 Å². The first kappa shape index (κ1) is 15.3. The Labute approximate surface area is 124 Å². The molecule has 6 nitrogen and oxygen atoms in total. The molecule has 1 saturated heterocycles. The first-order valence-corrected chi connectivity index (χ1v) is 8.20. The van der Waals surface area contributed by atoms with Crippen molar-refractivity contribution in [1.29, 1.82) is 0 Å². The standard InChI is InChI=1S/C12H16N2O4S2/c1-7-13-8(5-20-7)4-19-6-11(16)14-3-9(15)2-10(14)12(17)18/h5,9-10,15H,2-4,6H2,1H3,(H,17,18)/t9-,10-/m0/s1. The highest BCUT2D eigenvalue weighted by atomic mass is 32.2. The van der Waals surface area contributed by atoms with E-state index in [0.29, 0.717) is 5.75 Å². The number of aryl methyl sites for hydroxylation is 1. The highest BCUT2D eigenvalue weighted by Crippen LogP contribution is 2.21. The number of nitrogens with zero attached hydrogens (tertiary/aromatic N) is 2. The van der Waals surface area contributed by atoms with Gasteiger partial charge in [-0.3, -0.25) is 4.79 Å². The van der Waals surface area contributed by atoms with E-state index >= 15 is 0 Å². The smallest absolute Gasteiger partial charge is 0.326 e. The van der Waals surface area contributed by atoms with Gasteiger partial charge in [0.25, 0.3) is 0 Å². The Morgan fingerprint density at radius 3 is 2.95 bits per heavy atom. The van der Waals surface area contributed by atoms with Crippen LogP contribution >= 0.6 is 23.1 Å². The Morgan fingerprint density at radius 2 is 2.35 bits per heavy atom. The third-order valence-corrected chi connectivity index (χ3v) is 4.80. The van der Waals surface area contributed by atoms with Gasteiger partial charge in [0, 0.05) is 24.1 Å². The van der Waals surface area contributed by atoms with Crippen LogP contribution in [0.25, 0.3) is 0 Å². The first-order chi connectivity index (χ1) is 9.47. The average molecular weight is 316 g/mol. The summed E-state index contributed by atoms with van der Waals surface area (Å²) < 4.78 is 0. The molecule has 110 valence electrons. The van der Waals surface area contributed by atoms with Crippen LogP contribution in [0.1, 0.15) is 17.1 Å². The minimum absolute atomic E-state index is 0.103. The lowest BCUT2D eigenvalue weighted by atomic mass is 10.2. The molecule has 1 aliphatic rings.